The SMILES string of the molecule is O=C1c2cc(-c3nnc(C(F)F)o3)ccc2CN1[C@@H]1CCCC[C@H]1NC(=O)C1(c2ccccc2)COC1. The van der Waals surface area contributed by atoms with E-state index in [0.717, 1.165) is 36.8 Å². The molecular formula is C27H26F2N4O4. The number of aromatic nitrogens is 2. The minimum Gasteiger partial charge on any atom is -0.415 e. The smallest absolute Gasteiger partial charge is 0.314 e. The summed E-state index contributed by atoms with van der Waals surface area (Å²) in [5.74, 6) is -1.03. The second-order valence-electron chi connectivity index (χ2n) is 9.92. The van der Waals surface area contributed by atoms with Gasteiger partial charge in [-0.05, 0) is 36.1 Å². The Labute approximate surface area is 212 Å². The van der Waals surface area contributed by atoms with Crippen molar-refractivity contribution < 1.29 is 27.5 Å². The van der Waals surface area contributed by atoms with E-state index >= 15 is 0 Å². The van der Waals surface area contributed by atoms with Crippen LogP contribution in [-0.2, 0) is 21.5 Å². The highest BCUT2D eigenvalue weighted by Gasteiger charge is 2.49. The maximum atomic E-state index is 13.6. The van der Waals surface area contributed by atoms with Crippen LogP contribution in [0.4, 0.5) is 8.78 Å². The number of amides is 2. The third kappa shape index (κ3) is 4.09. The second-order valence-corrected chi connectivity index (χ2v) is 9.92. The molecule has 2 fully saturated rings. The largest absolute Gasteiger partial charge is 0.415 e. The first-order valence-corrected chi connectivity index (χ1v) is 12.5. The quantitative estimate of drug-likeness (QED) is 0.540. The van der Waals surface area contributed by atoms with E-state index in [-0.39, 0.29) is 29.8 Å². The van der Waals surface area contributed by atoms with Crippen molar-refractivity contribution in [2.75, 3.05) is 13.2 Å². The summed E-state index contributed by atoms with van der Waals surface area (Å²) in [5.41, 5.74) is 1.96. The van der Waals surface area contributed by atoms with Crippen LogP contribution in [0, 0.1) is 0 Å². The molecule has 3 heterocycles. The Bertz CT molecular complexity index is 1320. The molecule has 1 saturated heterocycles. The van der Waals surface area contributed by atoms with Gasteiger partial charge in [0.1, 0.15) is 5.41 Å². The lowest BCUT2D eigenvalue weighted by Crippen LogP contribution is -2.62. The number of nitrogens with one attached hydrogen (secondary N) is 1. The summed E-state index contributed by atoms with van der Waals surface area (Å²) < 4.78 is 36.3. The number of hydrogen-bond acceptors (Lipinski definition) is 6. The van der Waals surface area contributed by atoms with Crippen LogP contribution in [0.3, 0.4) is 0 Å². The van der Waals surface area contributed by atoms with Gasteiger partial charge < -0.3 is 19.4 Å². The number of fused-ring (bicyclic) bond motifs is 1. The van der Waals surface area contributed by atoms with Crippen molar-refractivity contribution in [1.82, 2.24) is 20.4 Å². The van der Waals surface area contributed by atoms with E-state index in [2.05, 4.69) is 15.5 Å². The summed E-state index contributed by atoms with van der Waals surface area (Å²) >= 11 is 0. The van der Waals surface area contributed by atoms with Crippen molar-refractivity contribution in [3.8, 4) is 11.5 Å². The molecule has 2 atom stereocenters. The highest BCUT2D eigenvalue weighted by atomic mass is 19.3. The van der Waals surface area contributed by atoms with Crippen LogP contribution in [0.5, 0.6) is 0 Å². The van der Waals surface area contributed by atoms with Gasteiger partial charge in [-0.25, -0.2) is 0 Å². The van der Waals surface area contributed by atoms with Crippen molar-refractivity contribution in [1.29, 1.82) is 0 Å². The molecule has 0 bridgehead atoms. The van der Waals surface area contributed by atoms with E-state index in [1.165, 1.54) is 0 Å². The molecule has 6 rings (SSSR count). The topological polar surface area (TPSA) is 97.6 Å². The molecule has 0 spiro atoms. The number of hydrogen-bond donors (Lipinski definition) is 1. The minimum absolute atomic E-state index is 0.0546. The summed E-state index contributed by atoms with van der Waals surface area (Å²) in [6.45, 7) is 1.09. The Morgan fingerprint density at radius 3 is 2.57 bits per heavy atom. The molecule has 0 unspecified atom stereocenters. The van der Waals surface area contributed by atoms with E-state index in [1.54, 1.807) is 18.2 Å². The zero-order valence-electron chi connectivity index (χ0n) is 20.0. The van der Waals surface area contributed by atoms with Crippen molar-refractivity contribution >= 4 is 11.8 Å². The highest BCUT2D eigenvalue weighted by molar-refractivity contribution is 5.99. The summed E-state index contributed by atoms with van der Waals surface area (Å²) in [6.07, 6.45) is 0.644. The third-order valence-electron chi connectivity index (χ3n) is 7.72. The Kier molecular flexibility index (Phi) is 5.98. The molecule has 8 nitrogen and oxygen atoms in total. The van der Waals surface area contributed by atoms with Gasteiger partial charge in [0, 0.05) is 23.7 Å². The molecule has 0 radical (unpaired) electrons. The highest BCUT2D eigenvalue weighted by Crippen LogP contribution is 2.36. The number of alkyl halides is 2. The molecule has 1 aromatic heterocycles. The van der Waals surface area contributed by atoms with Crippen LogP contribution in [0.15, 0.2) is 52.9 Å². The van der Waals surface area contributed by atoms with Gasteiger partial charge in [0.25, 0.3) is 11.8 Å². The lowest BCUT2D eigenvalue weighted by Gasteiger charge is -2.44. The maximum Gasteiger partial charge on any atom is 0.314 e. The predicted octanol–water partition coefficient (Wildman–Crippen LogP) is 4.03. The average molecular weight is 509 g/mol. The second kappa shape index (κ2) is 9.33. The number of rotatable bonds is 6. The molecule has 3 aromatic rings. The van der Waals surface area contributed by atoms with Crippen molar-refractivity contribution in [3.63, 3.8) is 0 Å². The van der Waals surface area contributed by atoms with Gasteiger partial charge in [-0.1, -0.05) is 49.2 Å². The van der Waals surface area contributed by atoms with E-state index in [4.69, 9.17) is 9.15 Å². The van der Waals surface area contributed by atoms with Crippen LogP contribution >= 0.6 is 0 Å². The number of benzene rings is 2. The zero-order valence-corrected chi connectivity index (χ0v) is 20.0. The van der Waals surface area contributed by atoms with Gasteiger partial charge in [-0.15, -0.1) is 10.2 Å². The number of ether oxygens (including phenoxy) is 1. The van der Waals surface area contributed by atoms with Crippen LogP contribution < -0.4 is 5.32 Å². The first kappa shape index (κ1) is 23.7. The van der Waals surface area contributed by atoms with E-state index in [1.807, 2.05) is 35.2 Å². The summed E-state index contributed by atoms with van der Waals surface area (Å²) in [6, 6.07) is 14.4. The predicted molar refractivity (Wildman–Crippen MR) is 128 cm³/mol. The van der Waals surface area contributed by atoms with Crippen molar-refractivity contribution in [2.24, 2.45) is 0 Å². The Balaban J connectivity index is 1.21. The molecule has 37 heavy (non-hydrogen) atoms. The van der Waals surface area contributed by atoms with Gasteiger partial charge >= 0.3 is 6.43 Å². The molecule has 1 N–H and O–H groups in total. The fourth-order valence-electron chi connectivity index (χ4n) is 5.62. The monoisotopic (exact) mass is 508 g/mol. The zero-order chi connectivity index (χ0) is 25.6. The van der Waals surface area contributed by atoms with Gasteiger partial charge in [0.05, 0.1) is 19.3 Å². The molecule has 2 amide bonds. The fraction of sp³-hybridized carbons (Fsp3) is 0.407. The van der Waals surface area contributed by atoms with Crippen LogP contribution in [0.25, 0.3) is 11.5 Å². The number of carbonyl (C=O) groups excluding carboxylic acids is 2. The summed E-state index contributed by atoms with van der Waals surface area (Å²) in [4.78, 5) is 28.9. The normalized spacial score (nSPS) is 22.6. The molecule has 10 heteroatoms. The number of carbonyl (C=O) groups is 2. The molecule has 192 valence electrons. The molecule has 2 aromatic carbocycles. The molecule has 1 aliphatic carbocycles. The number of halogens is 2. The molecular weight excluding hydrogens is 482 g/mol. The first-order valence-electron chi connectivity index (χ1n) is 12.5. The molecule has 2 aliphatic heterocycles. The van der Waals surface area contributed by atoms with E-state index in [0.29, 0.717) is 30.9 Å². The summed E-state index contributed by atoms with van der Waals surface area (Å²) in [7, 11) is 0. The van der Waals surface area contributed by atoms with Gasteiger partial charge in [0.2, 0.25) is 11.8 Å². The van der Waals surface area contributed by atoms with Crippen LogP contribution in [0.1, 0.15) is 59.5 Å². The van der Waals surface area contributed by atoms with E-state index < -0.39 is 17.7 Å². The van der Waals surface area contributed by atoms with Gasteiger partial charge in [-0.2, -0.15) is 8.78 Å². The van der Waals surface area contributed by atoms with Crippen molar-refractivity contribution in [3.05, 3.63) is 71.1 Å². The number of nitrogens with zero attached hydrogens (tertiary/aromatic N) is 3. The molecule has 1 saturated carbocycles. The molecule has 3 aliphatic rings. The Hall–Kier alpha value is -3.66. The standard InChI is InChI=1S/C27H26F2N4O4/c28-22(29)24-32-31-23(37-24)16-10-11-17-13-33(25(34)19(17)12-16)21-9-5-4-8-20(21)30-26(35)27(14-36-15-27)18-6-2-1-3-7-18/h1-3,6-7,10-12,20-22H,4-5,8-9,13-15H2,(H,30,35)/t20-,21-/m1/s1. The third-order valence-corrected chi connectivity index (χ3v) is 7.72. The minimum atomic E-state index is -2.86. The first-order chi connectivity index (χ1) is 18.0. The van der Waals surface area contributed by atoms with Crippen LogP contribution in [-0.4, -0.2) is 52.2 Å². The van der Waals surface area contributed by atoms with Gasteiger partial charge in [-0.3, -0.25) is 9.59 Å². The average Bonchev–Trinajstić information content (AvgIpc) is 3.50. The Morgan fingerprint density at radius 2 is 1.86 bits per heavy atom. The fourth-order valence-corrected chi connectivity index (χ4v) is 5.62. The Morgan fingerprint density at radius 1 is 1.08 bits per heavy atom. The lowest BCUT2D eigenvalue weighted by atomic mass is 9.77. The van der Waals surface area contributed by atoms with Crippen LogP contribution in [0.2, 0.25) is 0 Å². The van der Waals surface area contributed by atoms with Crippen molar-refractivity contribution in [2.45, 2.75) is 56.2 Å². The van der Waals surface area contributed by atoms with Gasteiger partial charge in [0.15, 0.2) is 0 Å². The summed E-state index contributed by atoms with van der Waals surface area (Å²) in [5, 5.41) is 10.3. The lowest BCUT2D eigenvalue weighted by molar-refractivity contribution is -0.146. The maximum absolute atomic E-state index is 13.6. The van der Waals surface area contributed by atoms with E-state index in [9.17, 15) is 18.4 Å².